The average molecular weight is 206 g/mol. The number of hydrogen-bond donors (Lipinski definition) is 0. The van der Waals surface area contributed by atoms with Gasteiger partial charge in [0.25, 0.3) is 0 Å². The number of imidazole rings is 1. The fourth-order valence-corrected chi connectivity index (χ4v) is 2.06. The van der Waals surface area contributed by atoms with Gasteiger partial charge in [-0.1, -0.05) is 13.8 Å². The minimum Gasteiger partial charge on any atom is -0.334 e. The van der Waals surface area contributed by atoms with Gasteiger partial charge in [-0.05, 0) is 24.0 Å². The summed E-state index contributed by atoms with van der Waals surface area (Å²) < 4.78 is 15.5. The predicted molar refractivity (Wildman–Crippen MR) is 59.5 cm³/mol. The third-order valence-corrected chi connectivity index (χ3v) is 2.84. The molecule has 0 aliphatic rings. The van der Waals surface area contributed by atoms with Gasteiger partial charge in [0, 0.05) is 13.1 Å². The molecule has 0 saturated carbocycles. The molecular weight excluding hydrogens is 191 g/mol. The van der Waals surface area contributed by atoms with E-state index in [1.807, 2.05) is 18.5 Å². The zero-order chi connectivity index (χ0) is 11.2. The maximum Gasteiger partial charge on any atom is 0.128 e. The molecule has 0 N–H and O–H groups in total. The van der Waals surface area contributed by atoms with E-state index in [1.165, 1.54) is 0 Å². The molecule has 0 saturated heterocycles. The van der Waals surface area contributed by atoms with Gasteiger partial charge in [-0.3, -0.25) is 0 Å². The number of benzene rings is 1. The van der Waals surface area contributed by atoms with Crippen LogP contribution in [0.2, 0.25) is 0 Å². The lowest BCUT2D eigenvalue weighted by Gasteiger charge is -2.11. The zero-order valence-electron chi connectivity index (χ0n) is 9.50. The lowest BCUT2D eigenvalue weighted by atomic mass is 9.96. The quantitative estimate of drug-likeness (QED) is 0.700. The number of fused-ring (bicyclic) bond motifs is 1. The van der Waals surface area contributed by atoms with Crippen molar-refractivity contribution in [2.75, 3.05) is 0 Å². The van der Waals surface area contributed by atoms with Crippen LogP contribution in [0.25, 0.3) is 11.0 Å². The van der Waals surface area contributed by atoms with E-state index < -0.39 is 0 Å². The Balaban J connectivity index is 2.90. The van der Waals surface area contributed by atoms with Crippen LogP contribution in [0.4, 0.5) is 4.39 Å². The molecule has 1 heterocycles. The van der Waals surface area contributed by atoms with Crippen molar-refractivity contribution in [1.29, 1.82) is 0 Å². The topological polar surface area (TPSA) is 17.8 Å². The largest absolute Gasteiger partial charge is 0.334 e. The van der Waals surface area contributed by atoms with E-state index in [1.54, 1.807) is 12.4 Å². The summed E-state index contributed by atoms with van der Waals surface area (Å²) in [6.07, 6.45) is 1.73. The number of aryl methyl sites for hydroxylation is 1. The van der Waals surface area contributed by atoms with Gasteiger partial charge in [-0.2, -0.15) is 0 Å². The van der Waals surface area contributed by atoms with Crippen LogP contribution in [0.15, 0.2) is 12.4 Å². The Morgan fingerprint density at radius 1 is 1.40 bits per heavy atom. The number of aromatic nitrogens is 2. The lowest BCUT2D eigenvalue weighted by Crippen LogP contribution is -1.98. The minimum absolute atomic E-state index is 0.144. The van der Waals surface area contributed by atoms with E-state index in [0.717, 1.165) is 22.2 Å². The van der Waals surface area contributed by atoms with Crippen LogP contribution in [-0.4, -0.2) is 9.55 Å². The molecule has 2 aromatic rings. The van der Waals surface area contributed by atoms with Crippen molar-refractivity contribution in [3.05, 3.63) is 29.3 Å². The average Bonchev–Trinajstić information content (AvgIpc) is 2.49. The molecule has 1 aromatic heterocycles. The molecule has 80 valence electrons. The van der Waals surface area contributed by atoms with Crippen molar-refractivity contribution >= 4 is 11.0 Å². The fraction of sp³-hybridized carbons (Fsp3) is 0.417. The third-order valence-electron chi connectivity index (χ3n) is 2.84. The van der Waals surface area contributed by atoms with Crippen LogP contribution in [0.5, 0.6) is 0 Å². The van der Waals surface area contributed by atoms with Crippen LogP contribution in [0.1, 0.15) is 30.9 Å². The van der Waals surface area contributed by atoms with E-state index >= 15 is 0 Å². The summed E-state index contributed by atoms with van der Waals surface area (Å²) in [7, 11) is 1.88. The van der Waals surface area contributed by atoms with E-state index in [9.17, 15) is 4.39 Å². The second-order valence-electron chi connectivity index (χ2n) is 4.27. The van der Waals surface area contributed by atoms with Gasteiger partial charge in [0.1, 0.15) is 5.82 Å². The van der Waals surface area contributed by atoms with Crippen LogP contribution in [0.3, 0.4) is 0 Å². The Labute approximate surface area is 88.7 Å². The van der Waals surface area contributed by atoms with Gasteiger partial charge >= 0.3 is 0 Å². The molecule has 0 spiro atoms. The van der Waals surface area contributed by atoms with Crippen molar-refractivity contribution < 1.29 is 4.39 Å². The molecule has 0 fully saturated rings. The van der Waals surface area contributed by atoms with Gasteiger partial charge in [-0.15, -0.1) is 0 Å². The molecule has 0 atom stereocenters. The predicted octanol–water partition coefficient (Wildman–Crippen LogP) is 3.14. The highest BCUT2D eigenvalue weighted by atomic mass is 19.1. The molecule has 0 aliphatic heterocycles. The highest BCUT2D eigenvalue weighted by molar-refractivity contribution is 5.81. The number of nitrogens with zero attached hydrogens (tertiary/aromatic N) is 2. The van der Waals surface area contributed by atoms with Gasteiger partial charge in [-0.25, -0.2) is 9.37 Å². The van der Waals surface area contributed by atoms with Gasteiger partial charge in [0.05, 0.1) is 17.4 Å². The van der Waals surface area contributed by atoms with Gasteiger partial charge in [0.2, 0.25) is 0 Å². The highest BCUT2D eigenvalue weighted by Gasteiger charge is 2.15. The molecule has 0 amide bonds. The van der Waals surface area contributed by atoms with Crippen molar-refractivity contribution in [2.45, 2.75) is 26.7 Å². The SMILES string of the molecule is Cc1c(F)cc2c(ncn2C)c1C(C)C. The molecule has 0 bridgehead atoms. The van der Waals surface area contributed by atoms with Crippen LogP contribution >= 0.6 is 0 Å². The summed E-state index contributed by atoms with van der Waals surface area (Å²) in [5, 5.41) is 0. The molecule has 0 unspecified atom stereocenters. The highest BCUT2D eigenvalue weighted by Crippen LogP contribution is 2.29. The Morgan fingerprint density at radius 3 is 2.67 bits per heavy atom. The van der Waals surface area contributed by atoms with E-state index in [0.29, 0.717) is 0 Å². The first-order valence-electron chi connectivity index (χ1n) is 5.12. The summed E-state index contributed by atoms with van der Waals surface area (Å²) >= 11 is 0. The number of halogens is 1. The van der Waals surface area contributed by atoms with E-state index in [-0.39, 0.29) is 11.7 Å². The first-order chi connectivity index (χ1) is 7.02. The molecule has 0 radical (unpaired) electrons. The van der Waals surface area contributed by atoms with Gasteiger partial charge in [0.15, 0.2) is 0 Å². The Kier molecular flexibility index (Phi) is 2.25. The number of hydrogen-bond acceptors (Lipinski definition) is 1. The smallest absolute Gasteiger partial charge is 0.128 e. The summed E-state index contributed by atoms with van der Waals surface area (Å²) in [5.74, 6) is 0.146. The second-order valence-corrected chi connectivity index (χ2v) is 4.27. The molecular formula is C12H15FN2. The van der Waals surface area contributed by atoms with Gasteiger partial charge < -0.3 is 4.57 Å². The minimum atomic E-state index is -0.144. The normalized spacial score (nSPS) is 11.6. The number of rotatable bonds is 1. The standard InChI is InChI=1S/C12H15FN2/c1-7(2)11-8(3)9(13)5-10-12(11)14-6-15(10)4/h5-7H,1-4H3. The van der Waals surface area contributed by atoms with Crippen molar-refractivity contribution in [2.24, 2.45) is 7.05 Å². The Hall–Kier alpha value is -1.38. The second kappa shape index (κ2) is 3.33. The summed E-state index contributed by atoms with van der Waals surface area (Å²) in [5.41, 5.74) is 3.52. The maximum atomic E-state index is 13.7. The summed E-state index contributed by atoms with van der Waals surface area (Å²) in [6, 6.07) is 1.56. The first kappa shape index (κ1) is 10.1. The lowest BCUT2D eigenvalue weighted by molar-refractivity contribution is 0.614. The molecule has 0 aliphatic carbocycles. The molecule has 1 aromatic carbocycles. The zero-order valence-corrected chi connectivity index (χ0v) is 9.50. The van der Waals surface area contributed by atoms with Crippen molar-refractivity contribution in [3.63, 3.8) is 0 Å². The third kappa shape index (κ3) is 1.42. The van der Waals surface area contributed by atoms with Crippen LogP contribution < -0.4 is 0 Å². The summed E-state index contributed by atoms with van der Waals surface area (Å²) in [6.45, 7) is 5.95. The van der Waals surface area contributed by atoms with Crippen LogP contribution in [-0.2, 0) is 7.05 Å². The summed E-state index contributed by atoms with van der Waals surface area (Å²) in [4.78, 5) is 4.34. The Morgan fingerprint density at radius 2 is 2.07 bits per heavy atom. The van der Waals surface area contributed by atoms with Crippen LogP contribution in [0, 0.1) is 12.7 Å². The van der Waals surface area contributed by atoms with E-state index in [2.05, 4.69) is 18.8 Å². The Bertz CT molecular complexity index is 512. The molecule has 3 heteroatoms. The van der Waals surface area contributed by atoms with E-state index in [4.69, 9.17) is 0 Å². The van der Waals surface area contributed by atoms with Crippen molar-refractivity contribution in [3.8, 4) is 0 Å². The monoisotopic (exact) mass is 206 g/mol. The fourth-order valence-electron chi connectivity index (χ4n) is 2.06. The van der Waals surface area contributed by atoms with Crippen molar-refractivity contribution in [1.82, 2.24) is 9.55 Å². The maximum absolute atomic E-state index is 13.7. The molecule has 15 heavy (non-hydrogen) atoms. The first-order valence-corrected chi connectivity index (χ1v) is 5.12. The molecule has 2 nitrogen and oxygen atoms in total. The molecule has 2 rings (SSSR count).